The molecule has 2 rings (SSSR count). The average Bonchev–Trinajstić information content (AvgIpc) is 2.51. The van der Waals surface area contributed by atoms with Crippen molar-refractivity contribution in [3.63, 3.8) is 0 Å². The minimum Gasteiger partial charge on any atom is -0.493 e. The van der Waals surface area contributed by atoms with Crippen LogP contribution in [-0.4, -0.2) is 18.4 Å². The second-order valence-electron chi connectivity index (χ2n) is 5.36. The molecular formula is C18H20N2O3. The quantitative estimate of drug-likeness (QED) is 0.860. The Bertz CT molecular complexity index is 709. The lowest BCUT2D eigenvalue weighted by atomic mass is 10.1. The smallest absolute Gasteiger partial charge is 0.248 e. The van der Waals surface area contributed by atoms with Crippen LogP contribution >= 0.6 is 0 Å². The van der Waals surface area contributed by atoms with Gasteiger partial charge in [0.05, 0.1) is 13.0 Å². The molecule has 23 heavy (non-hydrogen) atoms. The summed E-state index contributed by atoms with van der Waals surface area (Å²) in [7, 11) is 0. The second-order valence-corrected chi connectivity index (χ2v) is 5.36. The molecule has 120 valence electrons. The highest BCUT2D eigenvalue weighted by atomic mass is 16.5. The molecule has 2 aromatic rings. The summed E-state index contributed by atoms with van der Waals surface area (Å²) in [5.41, 5.74) is 8.34. The first-order valence-corrected chi connectivity index (χ1v) is 7.35. The monoisotopic (exact) mass is 312 g/mol. The summed E-state index contributed by atoms with van der Waals surface area (Å²) >= 11 is 0. The molecule has 0 radical (unpaired) electrons. The van der Waals surface area contributed by atoms with Crippen molar-refractivity contribution in [1.82, 2.24) is 0 Å². The van der Waals surface area contributed by atoms with Gasteiger partial charge in [0, 0.05) is 11.3 Å². The third-order valence-corrected chi connectivity index (χ3v) is 3.38. The molecule has 0 fully saturated rings. The Balaban J connectivity index is 1.83. The lowest BCUT2D eigenvalue weighted by Crippen LogP contribution is -2.16. The standard InChI is InChI=1S/C18H20N2O3/c1-12-3-4-13(2)16(11-12)23-10-9-17(21)20-15-7-5-14(6-8-15)18(19)22/h3-8,11H,9-10H2,1-2H3,(H2,19,22)(H,20,21). The Morgan fingerprint density at radius 1 is 1.09 bits per heavy atom. The zero-order valence-electron chi connectivity index (χ0n) is 13.3. The highest BCUT2D eigenvalue weighted by Gasteiger charge is 2.06. The van der Waals surface area contributed by atoms with Crippen molar-refractivity contribution in [3.8, 4) is 5.75 Å². The van der Waals surface area contributed by atoms with E-state index in [0.29, 0.717) is 17.9 Å². The van der Waals surface area contributed by atoms with Gasteiger partial charge < -0.3 is 15.8 Å². The average molecular weight is 312 g/mol. The van der Waals surface area contributed by atoms with E-state index in [1.165, 1.54) is 0 Å². The number of nitrogens with two attached hydrogens (primary N) is 1. The number of aryl methyl sites for hydroxylation is 2. The Hall–Kier alpha value is -2.82. The van der Waals surface area contributed by atoms with E-state index in [1.54, 1.807) is 24.3 Å². The lowest BCUT2D eigenvalue weighted by Gasteiger charge is -2.10. The number of anilines is 1. The van der Waals surface area contributed by atoms with Crippen LogP contribution in [0.15, 0.2) is 42.5 Å². The molecule has 5 nitrogen and oxygen atoms in total. The molecule has 0 bridgehead atoms. The van der Waals surface area contributed by atoms with Crippen LogP contribution in [0.3, 0.4) is 0 Å². The minimum absolute atomic E-state index is 0.151. The van der Waals surface area contributed by atoms with Gasteiger partial charge in [-0.1, -0.05) is 12.1 Å². The van der Waals surface area contributed by atoms with Crippen molar-refractivity contribution >= 4 is 17.5 Å². The van der Waals surface area contributed by atoms with Gasteiger partial charge in [-0.3, -0.25) is 9.59 Å². The summed E-state index contributed by atoms with van der Waals surface area (Å²) in [6, 6.07) is 12.4. The highest BCUT2D eigenvalue weighted by molar-refractivity contribution is 5.94. The molecule has 3 N–H and O–H groups in total. The molecule has 0 saturated carbocycles. The van der Waals surface area contributed by atoms with E-state index in [4.69, 9.17) is 10.5 Å². The van der Waals surface area contributed by atoms with Crippen LogP contribution in [0.4, 0.5) is 5.69 Å². The van der Waals surface area contributed by atoms with E-state index < -0.39 is 5.91 Å². The summed E-state index contributed by atoms with van der Waals surface area (Å²) < 4.78 is 5.65. The Morgan fingerprint density at radius 2 is 1.78 bits per heavy atom. The normalized spacial score (nSPS) is 10.2. The van der Waals surface area contributed by atoms with Gasteiger partial charge in [0.1, 0.15) is 5.75 Å². The summed E-state index contributed by atoms with van der Waals surface area (Å²) in [6.45, 7) is 4.26. The number of hydrogen-bond acceptors (Lipinski definition) is 3. The molecule has 2 amide bonds. The maximum atomic E-state index is 11.9. The van der Waals surface area contributed by atoms with E-state index in [1.807, 2.05) is 32.0 Å². The SMILES string of the molecule is Cc1ccc(C)c(OCCC(=O)Nc2ccc(C(N)=O)cc2)c1. The first-order valence-electron chi connectivity index (χ1n) is 7.35. The number of rotatable bonds is 6. The summed E-state index contributed by atoms with van der Waals surface area (Å²) in [5, 5.41) is 2.75. The maximum absolute atomic E-state index is 11.9. The van der Waals surface area contributed by atoms with Crippen LogP contribution in [-0.2, 0) is 4.79 Å². The first-order chi connectivity index (χ1) is 11.0. The van der Waals surface area contributed by atoms with Gasteiger partial charge in [-0.05, 0) is 55.3 Å². The van der Waals surface area contributed by atoms with Crippen molar-refractivity contribution in [3.05, 3.63) is 59.2 Å². The number of carbonyl (C=O) groups is 2. The minimum atomic E-state index is -0.496. The number of nitrogens with one attached hydrogen (secondary N) is 1. The molecular weight excluding hydrogens is 292 g/mol. The fraction of sp³-hybridized carbons (Fsp3) is 0.222. The predicted molar refractivity (Wildman–Crippen MR) is 89.6 cm³/mol. The van der Waals surface area contributed by atoms with Crippen molar-refractivity contribution in [2.24, 2.45) is 5.73 Å². The number of benzene rings is 2. The molecule has 0 saturated heterocycles. The molecule has 0 aliphatic heterocycles. The molecule has 2 aromatic carbocycles. The van der Waals surface area contributed by atoms with Gasteiger partial charge in [0.25, 0.3) is 0 Å². The fourth-order valence-electron chi connectivity index (χ4n) is 2.06. The molecule has 0 spiro atoms. The zero-order chi connectivity index (χ0) is 16.8. The van der Waals surface area contributed by atoms with Crippen LogP contribution in [0.1, 0.15) is 27.9 Å². The summed E-state index contributed by atoms with van der Waals surface area (Å²) in [5.74, 6) is 0.149. The van der Waals surface area contributed by atoms with Crippen molar-refractivity contribution in [2.45, 2.75) is 20.3 Å². The first kappa shape index (κ1) is 16.5. The van der Waals surface area contributed by atoms with E-state index in [9.17, 15) is 9.59 Å². The van der Waals surface area contributed by atoms with Gasteiger partial charge in [-0.15, -0.1) is 0 Å². The maximum Gasteiger partial charge on any atom is 0.248 e. The molecule has 0 aromatic heterocycles. The molecule has 5 heteroatoms. The Labute approximate surface area is 135 Å². The third-order valence-electron chi connectivity index (χ3n) is 3.38. The van der Waals surface area contributed by atoms with Gasteiger partial charge in [0.2, 0.25) is 11.8 Å². The largest absolute Gasteiger partial charge is 0.493 e. The third kappa shape index (κ3) is 4.85. The van der Waals surface area contributed by atoms with Crippen LogP contribution in [0.5, 0.6) is 5.75 Å². The van der Waals surface area contributed by atoms with E-state index in [-0.39, 0.29) is 12.3 Å². The van der Waals surface area contributed by atoms with Crippen molar-refractivity contribution in [1.29, 1.82) is 0 Å². The number of ether oxygens (including phenoxy) is 1. The Morgan fingerprint density at radius 3 is 2.43 bits per heavy atom. The van der Waals surface area contributed by atoms with Crippen LogP contribution in [0, 0.1) is 13.8 Å². The number of carbonyl (C=O) groups excluding carboxylic acids is 2. The van der Waals surface area contributed by atoms with Gasteiger partial charge in [0.15, 0.2) is 0 Å². The topological polar surface area (TPSA) is 81.4 Å². The molecule has 0 heterocycles. The zero-order valence-corrected chi connectivity index (χ0v) is 13.3. The molecule has 0 aliphatic rings. The molecule has 0 atom stereocenters. The predicted octanol–water partition coefficient (Wildman–Crippen LogP) is 2.81. The summed E-state index contributed by atoms with van der Waals surface area (Å²) in [6.07, 6.45) is 0.241. The van der Waals surface area contributed by atoms with Crippen molar-refractivity contribution < 1.29 is 14.3 Å². The van der Waals surface area contributed by atoms with E-state index in [0.717, 1.165) is 16.9 Å². The molecule has 0 unspecified atom stereocenters. The van der Waals surface area contributed by atoms with E-state index >= 15 is 0 Å². The van der Waals surface area contributed by atoms with Gasteiger partial charge >= 0.3 is 0 Å². The van der Waals surface area contributed by atoms with E-state index in [2.05, 4.69) is 5.32 Å². The number of hydrogen-bond donors (Lipinski definition) is 2. The van der Waals surface area contributed by atoms with Crippen LogP contribution in [0.2, 0.25) is 0 Å². The van der Waals surface area contributed by atoms with Crippen molar-refractivity contribution in [2.75, 3.05) is 11.9 Å². The van der Waals surface area contributed by atoms with Gasteiger partial charge in [-0.2, -0.15) is 0 Å². The highest BCUT2D eigenvalue weighted by Crippen LogP contribution is 2.19. The number of amides is 2. The fourth-order valence-corrected chi connectivity index (χ4v) is 2.06. The number of primary amides is 1. The summed E-state index contributed by atoms with van der Waals surface area (Å²) in [4.78, 5) is 22.9. The molecule has 0 aliphatic carbocycles. The van der Waals surface area contributed by atoms with Crippen LogP contribution in [0.25, 0.3) is 0 Å². The lowest BCUT2D eigenvalue weighted by molar-refractivity contribution is -0.116. The second kappa shape index (κ2) is 7.45. The van der Waals surface area contributed by atoms with Crippen LogP contribution < -0.4 is 15.8 Å². The van der Waals surface area contributed by atoms with Gasteiger partial charge in [-0.25, -0.2) is 0 Å². The Kier molecular flexibility index (Phi) is 5.36.